The molecule has 0 heterocycles. The summed E-state index contributed by atoms with van der Waals surface area (Å²) in [5.41, 5.74) is -1.42. The van der Waals surface area contributed by atoms with Crippen LogP contribution >= 0.6 is 0 Å². The monoisotopic (exact) mass is 272 g/mol. The number of rotatable bonds is 4. The van der Waals surface area contributed by atoms with Crippen LogP contribution < -0.4 is 0 Å². The molecule has 0 amide bonds. The van der Waals surface area contributed by atoms with Crippen molar-refractivity contribution < 1.29 is 14.3 Å². The summed E-state index contributed by atoms with van der Waals surface area (Å²) >= 11 is 0. The van der Waals surface area contributed by atoms with Gasteiger partial charge in [0.15, 0.2) is 11.2 Å². The molecule has 1 aromatic rings. The molecule has 1 rings (SSSR count). The molecule has 0 aromatic heterocycles. The highest BCUT2D eigenvalue weighted by atomic mass is 16.6. The fourth-order valence-electron chi connectivity index (χ4n) is 1.82. The van der Waals surface area contributed by atoms with E-state index in [-0.39, 0.29) is 12.2 Å². The largest absolute Gasteiger partial charge is 0.458 e. The van der Waals surface area contributed by atoms with Crippen LogP contribution in [0.25, 0.3) is 0 Å². The first-order chi connectivity index (χ1) is 9.21. The van der Waals surface area contributed by atoms with Crippen molar-refractivity contribution in [2.75, 3.05) is 0 Å². The number of ketones is 1. The molecule has 0 saturated heterocycles. The highest BCUT2D eigenvalue weighted by Gasteiger charge is 2.44. The zero-order chi connectivity index (χ0) is 15.4. The summed E-state index contributed by atoms with van der Waals surface area (Å²) in [5.74, 6) is 1.32. The number of carbonyl (C=O) groups excluding carboxylic acids is 2. The third-order valence-corrected chi connectivity index (χ3v) is 2.91. The highest BCUT2D eigenvalue weighted by Crippen LogP contribution is 2.28. The minimum atomic E-state index is -1.56. The molecular formula is C17H20O3. The van der Waals surface area contributed by atoms with Crippen molar-refractivity contribution in [3.8, 4) is 12.3 Å². The number of esters is 1. The Morgan fingerprint density at radius 1 is 1.20 bits per heavy atom. The van der Waals surface area contributed by atoms with Crippen LogP contribution in [-0.4, -0.2) is 17.4 Å². The van der Waals surface area contributed by atoms with Gasteiger partial charge in [0, 0.05) is 6.42 Å². The minimum absolute atomic E-state index is 0.147. The Morgan fingerprint density at radius 3 is 2.15 bits per heavy atom. The van der Waals surface area contributed by atoms with Crippen LogP contribution in [0.5, 0.6) is 0 Å². The van der Waals surface area contributed by atoms with E-state index in [9.17, 15) is 9.59 Å². The molecule has 0 aliphatic rings. The summed E-state index contributed by atoms with van der Waals surface area (Å²) in [4.78, 5) is 24.4. The summed E-state index contributed by atoms with van der Waals surface area (Å²) in [6.45, 7) is 6.56. The fraction of sp³-hybridized carbons (Fsp3) is 0.412. The molecule has 0 spiro atoms. The van der Waals surface area contributed by atoms with E-state index in [2.05, 4.69) is 5.92 Å². The average molecular weight is 272 g/mol. The van der Waals surface area contributed by atoms with E-state index in [1.54, 1.807) is 20.8 Å². The fourth-order valence-corrected chi connectivity index (χ4v) is 1.82. The van der Waals surface area contributed by atoms with Crippen molar-refractivity contribution in [3.05, 3.63) is 35.9 Å². The number of benzene rings is 1. The van der Waals surface area contributed by atoms with Crippen LogP contribution in [0.4, 0.5) is 0 Å². The summed E-state index contributed by atoms with van der Waals surface area (Å²) in [7, 11) is 0. The number of carbonyl (C=O) groups is 2. The Morgan fingerprint density at radius 2 is 1.75 bits per heavy atom. The first-order valence-corrected chi connectivity index (χ1v) is 6.47. The van der Waals surface area contributed by atoms with Gasteiger partial charge < -0.3 is 4.74 Å². The number of hydrogen-bond donors (Lipinski definition) is 0. The minimum Gasteiger partial charge on any atom is -0.458 e. The van der Waals surface area contributed by atoms with Gasteiger partial charge in [-0.3, -0.25) is 4.79 Å². The summed E-state index contributed by atoms with van der Waals surface area (Å²) in [5, 5.41) is 0. The predicted octanol–water partition coefficient (Wildman–Crippen LogP) is 2.78. The van der Waals surface area contributed by atoms with Gasteiger partial charge >= 0.3 is 5.97 Å². The Hall–Kier alpha value is -2.08. The topological polar surface area (TPSA) is 43.4 Å². The van der Waals surface area contributed by atoms with Crippen LogP contribution in [-0.2, 0) is 20.7 Å². The lowest BCUT2D eigenvalue weighted by Crippen LogP contribution is -2.43. The molecule has 1 atom stereocenters. The van der Waals surface area contributed by atoms with Crippen LogP contribution in [0.15, 0.2) is 30.3 Å². The second-order valence-corrected chi connectivity index (χ2v) is 5.77. The Balaban J connectivity index is 3.14. The molecule has 106 valence electrons. The van der Waals surface area contributed by atoms with E-state index in [1.807, 2.05) is 30.3 Å². The van der Waals surface area contributed by atoms with Crippen LogP contribution in [0.2, 0.25) is 0 Å². The van der Waals surface area contributed by atoms with Crippen LogP contribution in [0.3, 0.4) is 0 Å². The van der Waals surface area contributed by atoms with E-state index < -0.39 is 17.0 Å². The molecule has 0 aliphatic carbocycles. The van der Waals surface area contributed by atoms with E-state index in [1.165, 1.54) is 6.92 Å². The third kappa shape index (κ3) is 3.71. The van der Waals surface area contributed by atoms with E-state index in [0.717, 1.165) is 5.56 Å². The van der Waals surface area contributed by atoms with Gasteiger partial charge in [-0.25, -0.2) is 4.79 Å². The number of terminal acetylenes is 1. The third-order valence-electron chi connectivity index (χ3n) is 2.91. The van der Waals surface area contributed by atoms with Crippen molar-refractivity contribution in [3.63, 3.8) is 0 Å². The van der Waals surface area contributed by atoms with Gasteiger partial charge in [-0.05, 0) is 33.3 Å². The lowest BCUT2D eigenvalue weighted by Gasteiger charge is -2.28. The Bertz CT molecular complexity index is 532. The summed E-state index contributed by atoms with van der Waals surface area (Å²) < 4.78 is 5.33. The molecule has 3 nitrogen and oxygen atoms in total. The zero-order valence-corrected chi connectivity index (χ0v) is 12.4. The molecule has 0 radical (unpaired) electrons. The maximum absolute atomic E-state index is 12.4. The SMILES string of the molecule is C#CC(Cc1ccccc1)(C(C)=O)C(=O)OC(C)(C)C. The molecule has 3 heteroatoms. The predicted molar refractivity (Wildman–Crippen MR) is 77.9 cm³/mol. The lowest BCUT2D eigenvalue weighted by atomic mass is 9.79. The van der Waals surface area contributed by atoms with Crippen molar-refractivity contribution in [2.24, 2.45) is 5.41 Å². The number of ether oxygens (including phenoxy) is 1. The van der Waals surface area contributed by atoms with Gasteiger partial charge in [0.1, 0.15) is 5.60 Å². The van der Waals surface area contributed by atoms with Crippen molar-refractivity contribution >= 4 is 11.8 Å². The summed E-state index contributed by atoms with van der Waals surface area (Å²) in [6, 6.07) is 9.21. The molecule has 1 aromatic carbocycles. The van der Waals surface area contributed by atoms with Gasteiger partial charge in [-0.1, -0.05) is 36.3 Å². The number of Topliss-reactive ketones (excluding diaryl/α,β-unsaturated/α-hetero) is 1. The molecular weight excluding hydrogens is 252 g/mol. The Kier molecular flexibility index (Phi) is 4.73. The Labute approximate surface area is 120 Å². The van der Waals surface area contributed by atoms with Crippen LogP contribution in [0, 0.1) is 17.8 Å². The van der Waals surface area contributed by atoms with Gasteiger partial charge in [-0.2, -0.15) is 0 Å². The second kappa shape index (κ2) is 5.92. The molecule has 0 aliphatic heterocycles. The lowest BCUT2D eigenvalue weighted by molar-refractivity contribution is -0.166. The van der Waals surface area contributed by atoms with Gasteiger partial charge in [0.2, 0.25) is 0 Å². The maximum atomic E-state index is 12.4. The average Bonchev–Trinajstić information content (AvgIpc) is 2.34. The molecule has 0 fully saturated rings. The summed E-state index contributed by atoms with van der Waals surface area (Å²) in [6.07, 6.45) is 5.65. The highest BCUT2D eigenvalue weighted by molar-refractivity contribution is 6.06. The van der Waals surface area contributed by atoms with E-state index in [4.69, 9.17) is 11.2 Å². The molecule has 0 N–H and O–H groups in total. The standard InChI is InChI=1S/C17H20O3/c1-6-17(13(2)18,15(19)20-16(3,4)5)12-14-10-8-7-9-11-14/h1,7-11H,12H2,2-5H3. The molecule has 20 heavy (non-hydrogen) atoms. The van der Waals surface area contributed by atoms with E-state index in [0.29, 0.717) is 0 Å². The van der Waals surface area contributed by atoms with E-state index >= 15 is 0 Å². The van der Waals surface area contributed by atoms with Gasteiger partial charge in [0.05, 0.1) is 0 Å². The smallest absolute Gasteiger partial charge is 0.332 e. The number of hydrogen-bond acceptors (Lipinski definition) is 3. The van der Waals surface area contributed by atoms with Crippen molar-refractivity contribution in [2.45, 2.75) is 39.7 Å². The zero-order valence-electron chi connectivity index (χ0n) is 12.4. The normalized spacial score (nSPS) is 13.9. The molecule has 0 bridgehead atoms. The maximum Gasteiger partial charge on any atom is 0.332 e. The van der Waals surface area contributed by atoms with Crippen molar-refractivity contribution in [1.82, 2.24) is 0 Å². The van der Waals surface area contributed by atoms with Crippen molar-refractivity contribution in [1.29, 1.82) is 0 Å². The van der Waals surface area contributed by atoms with Crippen LogP contribution in [0.1, 0.15) is 33.3 Å². The van der Waals surface area contributed by atoms with Gasteiger partial charge in [0.25, 0.3) is 0 Å². The molecule has 0 saturated carbocycles. The quantitative estimate of drug-likeness (QED) is 0.481. The second-order valence-electron chi connectivity index (χ2n) is 5.77. The van der Waals surface area contributed by atoms with Gasteiger partial charge in [-0.15, -0.1) is 6.42 Å². The first-order valence-electron chi connectivity index (χ1n) is 6.47. The first kappa shape index (κ1) is 16.0. The molecule has 1 unspecified atom stereocenters.